The Balaban J connectivity index is 2.70. The van der Waals surface area contributed by atoms with Gasteiger partial charge in [-0.25, -0.2) is 0 Å². The third-order valence-corrected chi connectivity index (χ3v) is 5.53. The van der Waals surface area contributed by atoms with E-state index >= 15 is 0 Å². The molecule has 7 heteroatoms. The molecule has 0 aliphatic carbocycles. The van der Waals surface area contributed by atoms with Crippen molar-refractivity contribution in [1.29, 1.82) is 0 Å². The van der Waals surface area contributed by atoms with Crippen LogP contribution in [0.4, 0.5) is 0 Å². The largest absolute Gasteiger partial charge is 0.481 e. The summed E-state index contributed by atoms with van der Waals surface area (Å²) in [5.74, 6) is -1.20. The number of nitrogens with one attached hydrogen (secondary N) is 1. The van der Waals surface area contributed by atoms with Crippen molar-refractivity contribution in [3.63, 3.8) is 0 Å². The highest BCUT2D eigenvalue weighted by atomic mass is 32.2. The summed E-state index contributed by atoms with van der Waals surface area (Å²) in [5.41, 5.74) is 5.58. The molecule has 1 aliphatic rings. The van der Waals surface area contributed by atoms with Gasteiger partial charge in [0.25, 0.3) is 0 Å². The summed E-state index contributed by atoms with van der Waals surface area (Å²) in [6.45, 7) is 9.10. The summed E-state index contributed by atoms with van der Waals surface area (Å²) in [4.78, 5) is 22.6. The van der Waals surface area contributed by atoms with Gasteiger partial charge < -0.3 is 20.9 Å². The minimum Gasteiger partial charge on any atom is -0.481 e. The molecule has 1 rings (SSSR count). The molecule has 0 radical (unpaired) electrons. The molecule has 0 spiro atoms. The molecule has 1 unspecified atom stereocenters. The van der Waals surface area contributed by atoms with Crippen LogP contribution in [0.2, 0.25) is 0 Å². The molecule has 1 saturated heterocycles. The Morgan fingerprint density at radius 1 is 1.35 bits per heavy atom. The highest BCUT2D eigenvalue weighted by molar-refractivity contribution is 8.03. The van der Waals surface area contributed by atoms with Crippen LogP contribution in [0.3, 0.4) is 0 Å². The first-order valence-corrected chi connectivity index (χ1v) is 8.46. The first-order valence-electron chi connectivity index (χ1n) is 7.65. The number of carboxylic acids is 1. The molecule has 4 N–H and O–H groups in total. The van der Waals surface area contributed by atoms with Gasteiger partial charge in [-0.1, -0.05) is 39.8 Å². The normalized spacial score (nSPS) is 22.3. The smallest absolute Gasteiger partial charge is 0.305 e. The number of thioether (sulfide) groups is 1. The van der Waals surface area contributed by atoms with E-state index in [-0.39, 0.29) is 15.5 Å². The number of methoxy groups -OCH3 is 1. The van der Waals surface area contributed by atoms with Crippen LogP contribution in [0.15, 0.2) is 12.2 Å². The predicted octanol–water partition coefficient (Wildman–Crippen LogP) is 1.40. The van der Waals surface area contributed by atoms with Crippen molar-refractivity contribution in [1.82, 2.24) is 5.32 Å². The van der Waals surface area contributed by atoms with Gasteiger partial charge in [0.1, 0.15) is 0 Å². The second-order valence-electron chi connectivity index (χ2n) is 6.95. The zero-order valence-corrected chi connectivity index (χ0v) is 15.3. The maximum absolute atomic E-state index is 12.0. The number of allylic oxidation sites excluding steroid dienone is 1. The number of carboxylic acid groups (broad SMARTS) is 1. The molecule has 132 valence electrons. The molecule has 0 bridgehead atoms. The molecule has 6 nitrogen and oxygen atoms in total. The summed E-state index contributed by atoms with van der Waals surface area (Å²) in [6.07, 6.45) is 3.64. The average molecular weight is 344 g/mol. The maximum Gasteiger partial charge on any atom is 0.305 e. The summed E-state index contributed by atoms with van der Waals surface area (Å²) in [6, 6.07) is -1.39. The van der Waals surface area contributed by atoms with E-state index in [0.717, 1.165) is 0 Å². The molecule has 0 aromatic rings. The van der Waals surface area contributed by atoms with E-state index in [9.17, 15) is 9.59 Å². The lowest BCUT2D eigenvalue weighted by Crippen LogP contribution is -2.53. The van der Waals surface area contributed by atoms with E-state index in [1.807, 2.05) is 17.8 Å². The quantitative estimate of drug-likeness (QED) is 0.575. The van der Waals surface area contributed by atoms with Crippen LogP contribution in [0.25, 0.3) is 0 Å². The van der Waals surface area contributed by atoms with Crippen LogP contribution < -0.4 is 11.1 Å². The van der Waals surface area contributed by atoms with Crippen molar-refractivity contribution >= 4 is 23.6 Å². The van der Waals surface area contributed by atoms with Crippen molar-refractivity contribution in [2.75, 3.05) is 13.7 Å². The Morgan fingerprint density at radius 3 is 2.35 bits per heavy atom. The van der Waals surface area contributed by atoms with Gasteiger partial charge in [0.2, 0.25) is 5.91 Å². The Morgan fingerprint density at radius 2 is 1.91 bits per heavy atom. The van der Waals surface area contributed by atoms with Crippen LogP contribution >= 0.6 is 11.8 Å². The number of carbonyl (C=O) groups is 2. The first kappa shape index (κ1) is 20.0. The lowest BCUT2D eigenvalue weighted by atomic mass is 9.81. The molecule has 1 heterocycles. The molecule has 1 amide bonds. The number of ether oxygens (including phenoxy) is 1. The Bertz CT molecular complexity index is 463. The fraction of sp³-hybridized carbons (Fsp3) is 0.750. The zero-order valence-electron chi connectivity index (χ0n) is 14.5. The number of rotatable bonds is 8. The standard InChI is InChI=1S/C16H28N2O4S/c1-15(2)12(16(3,4)23-15)7-6-10(9-22-5)18-14(21)11(17)8-13(19)20/h6-7,10-12H,8-9,17H2,1-5H3,(H,18,21)(H,19,20)/b7-6+/t10?,11-/m0/s1. The van der Waals surface area contributed by atoms with E-state index in [4.69, 9.17) is 15.6 Å². The van der Waals surface area contributed by atoms with Gasteiger partial charge in [-0.3, -0.25) is 9.59 Å². The van der Waals surface area contributed by atoms with Crippen LogP contribution in [-0.2, 0) is 14.3 Å². The number of hydrogen-bond donors (Lipinski definition) is 3. The number of aliphatic carboxylic acids is 1. The molecule has 0 aromatic heterocycles. The van der Waals surface area contributed by atoms with Crippen molar-refractivity contribution < 1.29 is 19.4 Å². The van der Waals surface area contributed by atoms with Crippen LogP contribution in [-0.4, -0.2) is 52.3 Å². The number of hydrogen-bond acceptors (Lipinski definition) is 5. The van der Waals surface area contributed by atoms with Gasteiger partial charge in [-0.05, 0) is 0 Å². The summed E-state index contributed by atoms with van der Waals surface area (Å²) < 4.78 is 5.43. The zero-order chi connectivity index (χ0) is 17.8. The summed E-state index contributed by atoms with van der Waals surface area (Å²) in [5, 5.41) is 11.4. The number of amides is 1. The second kappa shape index (κ2) is 7.68. The molecule has 2 atom stereocenters. The number of nitrogens with two attached hydrogens (primary N) is 1. The van der Waals surface area contributed by atoms with E-state index in [2.05, 4.69) is 39.1 Å². The predicted molar refractivity (Wildman–Crippen MR) is 92.4 cm³/mol. The van der Waals surface area contributed by atoms with Crippen molar-refractivity contribution in [2.45, 2.75) is 55.7 Å². The first-order chi connectivity index (χ1) is 10.5. The summed E-state index contributed by atoms with van der Waals surface area (Å²) in [7, 11) is 1.55. The lowest BCUT2D eigenvalue weighted by Gasteiger charge is -2.56. The molecule has 1 aliphatic heterocycles. The molecule has 0 saturated carbocycles. The topological polar surface area (TPSA) is 102 Å². The lowest BCUT2D eigenvalue weighted by molar-refractivity contribution is -0.139. The Labute approximate surface area is 142 Å². The fourth-order valence-electron chi connectivity index (χ4n) is 3.19. The average Bonchev–Trinajstić information content (AvgIpc) is 2.35. The minimum atomic E-state index is -1.10. The van der Waals surface area contributed by atoms with E-state index in [1.165, 1.54) is 0 Å². The highest BCUT2D eigenvalue weighted by Gasteiger charge is 2.52. The van der Waals surface area contributed by atoms with Crippen molar-refractivity contribution in [2.24, 2.45) is 11.7 Å². The van der Waals surface area contributed by atoms with Gasteiger partial charge in [0, 0.05) is 22.5 Å². The van der Waals surface area contributed by atoms with Crippen LogP contribution in [0, 0.1) is 5.92 Å². The van der Waals surface area contributed by atoms with Crippen LogP contribution in [0.1, 0.15) is 34.1 Å². The second-order valence-corrected chi connectivity index (χ2v) is 9.25. The number of carbonyl (C=O) groups excluding carboxylic acids is 1. The minimum absolute atomic E-state index is 0.154. The van der Waals surface area contributed by atoms with Crippen molar-refractivity contribution in [3.05, 3.63) is 12.2 Å². The molecule has 23 heavy (non-hydrogen) atoms. The van der Waals surface area contributed by atoms with Gasteiger partial charge in [-0.15, -0.1) is 11.8 Å². The van der Waals surface area contributed by atoms with Gasteiger partial charge in [-0.2, -0.15) is 0 Å². The van der Waals surface area contributed by atoms with Gasteiger partial charge in [0.05, 0.1) is 25.1 Å². The highest BCUT2D eigenvalue weighted by Crippen LogP contribution is 2.59. The molecule has 1 fully saturated rings. The van der Waals surface area contributed by atoms with Gasteiger partial charge in [0.15, 0.2) is 0 Å². The SMILES string of the molecule is COCC(/C=C/C1C(C)(C)SC1(C)C)NC(=O)[C@@H](N)CC(=O)O. The third kappa shape index (κ3) is 5.51. The van der Waals surface area contributed by atoms with E-state index in [1.54, 1.807) is 7.11 Å². The van der Waals surface area contributed by atoms with E-state index < -0.39 is 24.3 Å². The monoisotopic (exact) mass is 344 g/mol. The molecular formula is C16H28N2O4S. The molecule has 0 aromatic carbocycles. The van der Waals surface area contributed by atoms with Crippen molar-refractivity contribution in [3.8, 4) is 0 Å². The van der Waals surface area contributed by atoms with Gasteiger partial charge >= 0.3 is 5.97 Å². The van der Waals surface area contributed by atoms with Crippen LogP contribution in [0.5, 0.6) is 0 Å². The maximum atomic E-state index is 12.0. The fourth-order valence-corrected chi connectivity index (χ4v) is 5.36. The van der Waals surface area contributed by atoms with E-state index in [0.29, 0.717) is 12.5 Å². The summed E-state index contributed by atoms with van der Waals surface area (Å²) >= 11 is 1.93. The Kier molecular flexibility index (Phi) is 6.68. The Hall–Kier alpha value is -1.05. The third-order valence-electron chi connectivity index (χ3n) is 3.97. The molecular weight excluding hydrogens is 316 g/mol.